The van der Waals surface area contributed by atoms with Crippen molar-refractivity contribution >= 4 is 10.8 Å². The molecular formula is C11H14OS. The Hall–Kier alpha value is -0.890. The number of hydrogen-bond acceptors (Lipinski definition) is 1. The number of rotatable bonds is 2. The van der Waals surface area contributed by atoms with E-state index in [2.05, 4.69) is 27.0 Å². The average Bonchev–Trinajstić information content (AvgIpc) is 2.36. The molecule has 0 aromatic rings. The van der Waals surface area contributed by atoms with Crippen LogP contribution in [0.15, 0.2) is 46.8 Å². The Bertz CT molecular complexity index is 312. The molecule has 0 N–H and O–H groups in total. The molecule has 1 atom stereocenters. The van der Waals surface area contributed by atoms with Crippen LogP contribution in [-0.4, -0.2) is 4.21 Å². The van der Waals surface area contributed by atoms with Gasteiger partial charge in [0.15, 0.2) is 0 Å². The van der Waals surface area contributed by atoms with E-state index < -0.39 is 10.8 Å². The third-order valence-corrected chi connectivity index (χ3v) is 3.27. The predicted molar refractivity (Wildman–Crippen MR) is 58.5 cm³/mol. The van der Waals surface area contributed by atoms with Gasteiger partial charge in [-0.1, -0.05) is 33.1 Å². The van der Waals surface area contributed by atoms with E-state index in [1.807, 2.05) is 0 Å². The molecule has 1 aliphatic heterocycles. The second kappa shape index (κ2) is 3.88. The Morgan fingerprint density at radius 2 is 2.23 bits per heavy atom. The van der Waals surface area contributed by atoms with Crippen molar-refractivity contribution in [3.63, 3.8) is 0 Å². The van der Waals surface area contributed by atoms with E-state index in [0.717, 1.165) is 16.1 Å². The summed E-state index contributed by atoms with van der Waals surface area (Å²) in [6.45, 7) is 11.7. The van der Waals surface area contributed by atoms with E-state index in [0.29, 0.717) is 5.92 Å². The summed E-state index contributed by atoms with van der Waals surface area (Å²) in [4.78, 5) is 0.838. The lowest BCUT2D eigenvalue weighted by Gasteiger charge is -2.10. The Labute approximate surface area is 82.0 Å². The first-order valence-electron chi connectivity index (χ1n) is 4.22. The summed E-state index contributed by atoms with van der Waals surface area (Å²) < 4.78 is 11.5. The SMILES string of the molecule is C=C/C(=C1\C(=C)C=CS1=O)C(C)C. The van der Waals surface area contributed by atoms with Gasteiger partial charge in [0.25, 0.3) is 0 Å². The minimum Gasteiger partial charge on any atom is -0.250 e. The van der Waals surface area contributed by atoms with Crippen LogP contribution in [0.5, 0.6) is 0 Å². The molecule has 1 aliphatic rings. The Balaban J connectivity index is 3.23. The molecule has 2 heteroatoms. The lowest BCUT2D eigenvalue weighted by Crippen LogP contribution is -1.99. The monoisotopic (exact) mass is 194 g/mol. The topological polar surface area (TPSA) is 17.1 Å². The summed E-state index contributed by atoms with van der Waals surface area (Å²) >= 11 is 0. The van der Waals surface area contributed by atoms with Gasteiger partial charge in [-0.05, 0) is 23.1 Å². The van der Waals surface area contributed by atoms with E-state index in [1.54, 1.807) is 17.6 Å². The fourth-order valence-corrected chi connectivity index (χ4v) is 2.61. The molecule has 0 saturated heterocycles. The third kappa shape index (κ3) is 1.89. The second-order valence-corrected chi connectivity index (χ2v) is 4.54. The molecule has 0 fully saturated rings. The quantitative estimate of drug-likeness (QED) is 0.660. The first-order valence-corrected chi connectivity index (χ1v) is 5.44. The van der Waals surface area contributed by atoms with Crippen LogP contribution < -0.4 is 0 Å². The zero-order valence-electron chi connectivity index (χ0n) is 8.04. The predicted octanol–water partition coefficient (Wildman–Crippen LogP) is 2.91. The summed E-state index contributed by atoms with van der Waals surface area (Å²) in [6, 6.07) is 0. The minimum absolute atomic E-state index is 0.341. The molecule has 0 aromatic heterocycles. The highest BCUT2D eigenvalue weighted by Gasteiger charge is 2.18. The summed E-state index contributed by atoms with van der Waals surface area (Å²) in [5.74, 6) is 0.341. The van der Waals surface area contributed by atoms with Crippen molar-refractivity contribution in [2.75, 3.05) is 0 Å². The molecule has 0 aromatic carbocycles. The summed E-state index contributed by atoms with van der Waals surface area (Å²) in [5, 5.41) is 1.67. The Kier molecular flexibility index (Phi) is 3.04. The van der Waals surface area contributed by atoms with Crippen LogP contribution in [0.2, 0.25) is 0 Å². The molecule has 0 radical (unpaired) electrons. The van der Waals surface area contributed by atoms with Crippen LogP contribution in [0.3, 0.4) is 0 Å². The first kappa shape index (κ1) is 10.2. The molecule has 0 amide bonds. The van der Waals surface area contributed by atoms with Crippen molar-refractivity contribution in [2.45, 2.75) is 13.8 Å². The van der Waals surface area contributed by atoms with Gasteiger partial charge in [0.05, 0.1) is 15.7 Å². The molecule has 1 rings (SSSR count). The van der Waals surface area contributed by atoms with Gasteiger partial charge in [-0.15, -0.1) is 0 Å². The maximum Gasteiger partial charge on any atom is 0.0784 e. The smallest absolute Gasteiger partial charge is 0.0784 e. The van der Waals surface area contributed by atoms with E-state index in [4.69, 9.17) is 0 Å². The van der Waals surface area contributed by atoms with Gasteiger partial charge in [0.2, 0.25) is 0 Å². The largest absolute Gasteiger partial charge is 0.250 e. The molecule has 0 bridgehead atoms. The molecule has 1 heterocycles. The highest BCUT2D eigenvalue weighted by molar-refractivity contribution is 7.92. The molecule has 70 valence electrons. The van der Waals surface area contributed by atoms with Gasteiger partial charge in [0.1, 0.15) is 0 Å². The highest BCUT2D eigenvalue weighted by atomic mass is 32.2. The lowest BCUT2D eigenvalue weighted by atomic mass is 10.0. The van der Waals surface area contributed by atoms with Crippen molar-refractivity contribution in [2.24, 2.45) is 5.92 Å². The maximum absolute atomic E-state index is 11.5. The Morgan fingerprint density at radius 1 is 1.62 bits per heavy atom. The average molecular weight is 194 g/mol. The van der Waals surface area contributed by atoms with Gasteiger partial charge < -0.3 is 0 Å². The summed E-state index contributed by atoms with van der Waals surface area (Å²) in [7, 11) is -1.01. The molecule has 0 spiro atoms. The van der Waals surface area contributed by atoms with E-state index in [9.17, 15) is 4.21 Å². The fraction of sp³-hybridized carbons (Fsp3) is 0.273. The van der Waals surface area contributed by atoms with Gasteiger partial charge in [0, 0.05) is 5.41 Å². The van der Waals surface area contributed by atoms with Crippen molar-refractivity contribution in [1.29, 1.82) is 0 Å². The Morgan fingerprint density at radius 3 is 2.54 bits per heavy atom. The highest BCUT2D eigenvalue weighted by Crippen LogP contribution is 2.29. The second-order valence-electron chi connectivity index (χ2n) is 3.27. The van der Waals surface area contributed by atoms with E-state index >= 15 is 0 Å². The van der Waals surface area contributed by atoms with Crippen LogP contribution in [0.4, 0.5) is 0 Å². The van der Waals surface area contributed by atoms with Gasteiger partial charge in [-0.25, -0.2) is 4.21 Å². The molecule has 0 aliphatic carbocycles. The van der Waals surface area contributed by atoms with Crippen molar-refractivity contribution in [1.82, 2.24) is 0 Å². The van der Waals surface area contributed by atoms with Gasteiger partial charge >= 0.3 is 0 Å². The normalized spacial score (nSPS) is 25.5. The number of allylic oxidation sites excluding steroid dienone is 4. The summed E-state index contributed by atoms with van der Waals surface area (Å²) in [5.41, 5.74) is 1.88. The van der Waals surface area contributed by atoms with E-state index in [1.165, 1.54) is 0 Å². The maximum atomic E-state index is 11.5. The zero-order valence-corrected chi connectivity index (χ0v) is 8.86. The van der Waals surface area contributed by atoms with Crippen LogP contribution in [-0.2, 0) is 10.8 Å². The minimum atomic E-state index is -1.01. The molecule has 13 heavy (non-hydrogen) atoms. The van der Waals surface area contributed by atoms with Gasteiger partial charge in [-0.2, -0.15) is 0 Å². The lowest BCUT2D eigenvalue weighted by molar-refractivity contribution is 0.691. The van der Waals surface area contributed by atoms with Crippen LogP contribution >= 0.6 is 0 Å². The molecule has 1 unspecified atom stereocenters. The number of hydrogen-bond donors (Lipinski definition) is 0. The van der Waals surface area contributed by atoms with Crippen molar-refractivity contribution in [3.05, 3.63) is 46.8 Å². The fourth-order valence-electron chi connectivity index (χ4n) is 1.31. The van der Waals surface area contributed by atoms with Crippen molar-refractivity contribution in [3.8, 4) is 0 Å². The van der Waals surface area contributed by atoms with Crippen molar-refractivity contribution < 1.29 is 4.21 Å². The van der Waals surface area contributed by atoms with Crippen LogP contribution in [0.25, 0.3) is 0 Å². The third-order valence-electron chi connectivity index (χ3n) is 1.99. The molecular weight excluding hydrogens is 180 g/mol. The summed E-state index contributed by atoms with van der Waals surface area (Å²) in [6.07, 6.45) is 3.58. The molecule has 1 nitrogen and oxygen atoms in total. The molecule has 0 saturated carbocycles. The first-order chi connectivity index (χ1) is 6.07. The van der Waals surface area contributed by atoms with Gasteiger partial charge in [-0.3, -0.25) is 0 Å². The van der Waals surface area contributed by atoms with Crippen LogP contribution in [0.1, 0.15) is 13.8 Å². The standard InChI is InChI=1S/C11H14OS/c1-5-10(8(2)3)11-9(4)6-7-13(11)12/h5-8H,1,4H2,2-3H3/b11-10-. The van der Waals surface area contributed by atoms with Crippen LogP contribution in [0, 0.1) is 5.92 Å². The van der Waals surface area contributed by atoms with E-state index in [-0.39, 0.29) is 0 Å². The zero-order chi connectivity index (χ0) is 10.0.